The minimum atomic E-state index is 0.560. The maximum Gasteiger partial charge on any atom is 0.124 e. The number of aromatic nitrogens is 1. The highest BCUT2D eigenvalue weighted by Gasteiger charge is 2.06. The molecule has 3 aromatic rings. The molecule has 0 radical (unpaired) electrons. The van der Waals surface area contributed by atoms with Crippen LogP contribution in [0.4, 0.5) is 0 Å². The average Bonchev–Trinajstić information content (AvgIpc) is 2.81. The van der Waals surface area contributed by atoms with Gasteiger partial charge in [0.25, 0.3) is 0 Å². The van der Waals surface area contributed by atoms with E-state index in [4.69, 9.17) is 5.73 Å². The lowest BCUT2D eigenvalue weighted by molar-refractivity contribution is 1.07. The summed E-state index contributed by atoms with van der Waals surface area (Å²) in [6, 6.07) is 14.4. The molecule has 90 valence electrons. The van der Waals surface area contributed by atoms with Crippen molar-refractivity contribution < 1.29 is 0 Å². The van der Waals surface area contributed by atoms with E-state index < -0.39 is 0 Å². The van der Waals surface area contributed by atoms with Crippen molar-refractivity contribution in [2.24, 2.45) is 5.73 Å². The Labute approximate surface area is 118 Å². The van der Waals surface area contributed by atoms with Gasteiger partial charge in [0.2, 0.25) is 0 Å². The Kier molecular flexibility index (Phi) is 3.16. The van der Waals surface area contributed by atoms with E-state index in [-0.39, 0.29) is 0 Å². The largest absolute Gasteiger partial charge is 0.326 e. The smallest absolute Gasteiger partial charge is 0.124 e. The summed E-state index contributed by atoms with van der Waals surface area (Å²) < 4.78 is 2.28. The van der Waals surface area contributed by atoms with Gasteiger partial charge in [-0.1, -0.05) is 34.1 Å². The lowest BCUT2D eigenvalue weighted by atomic mass is 10.1. The predicted molar refractivity (Wildman–Crippen MR) is 80.6 cm³/mol. The SMILES string of the molecule is NCc1cccc(-c2nc3ccc(Br)cc3s2)c1. The van der Waals surface area contributed by atoms with Crippen molar-refractivity contribution in [3.63, 3.8) is 0 Å². The zero-order valence-electron chi connectivity index (χ0n) is 9.56. The van der Waals surface area contributed by atoms with Gasteiger partial charge in [0.15, 0.2) is 0 Å². The Morgan fingerprint density at radius 2 is 2.06 bits per heavy atom. The summed E-state index contributed by atoms with van der Waals surface area (Å²) in [7, 11) is 0. The lowest BCUT2D eigenvalue weighted by Crippen LogP contribution is -1.95. The Hall–Kier alpha value is -1.23. The quantitative estimate of drug-likeness (QED) is 0.769. The van der Waals surface area contributed by atoms with Crippen LogP contribution in [-0.4, -0.2) is 4.98 Å². The third-order valence-corrected chi connectivity index (χ3v) is 4.32. The molecule has 0 atom stereocenters. The lowest BCUT2D eigenvalue weighted by Gasteiger charge is -1.99. The highest BCUT2D eigenvalue weighted by molar-refractivity contribution is 9.10. The molecular weight excluding hydrogens is 308 g/mol. The molecular formula is C14H11BrN2S. The van der Waals surface area contributed by atoms with Crippen LogP contribution >= 0.6 is 27.3 Å². The van der Waals surface area contributed by atoms with Gasteiger partial charge in [0.1, 0.15) is 5.01 Å². The van der Waals surface area contributed by atoms with Crippen LogP contribution in [0.5, 0.6) is 0 Å². The molecule has 1 heterocycles. The van der Waals surface area contributed by atoms with Gasteiger partial charge in [-0.2, -0.15) is 0 Å². The molecule has 2 N–H and O–H groups in total. The molecule has 0 saturated heterocycles. The first-order valence-electron chi connectivity index (χ1n) is 5.62. The van der Waals surface area contributed by atoms with Gasteiger partial charge in [-0.05, 0) is 29.8 Å². The monoisotopic (exact) mass is 318 g/mol. The van der Waals surface area contributed by atoms with Crippen LogP contribution in [0.1, 0.15) is 5.56 Å². The molecule has 0 aliphatic heterocycles. The number of nitrogens with two attached hydrogens (primary N) is 1. The van der Waals surface area contributed by atoms with Gasteiger partial charge >= 0.3 is 0 Å². The molecule has 0 spiro atoms. The number of benzene rings is 2. The highest BCUT2D eigenvalue weighted by atomic mass is 79.9. The van der Waals surface area contributed by atoms with Crippen LogP contribution in [0.2, 0.25) is 0 Å². The van der Waals surface area contributed by atoms with Gasteiger partial charge in [0.05, 0.1) is 10.2 Å². The molecule has 2 nitrogen and oxygen atoms in total. The van der Waals surface area contributed by atoms with Crippen molar-refractivity contribution in [2.45, 2.75) is 6.54 Å². The second-order valence-electron chi connectivity index (χ2n) is 4.04. The molecule has 0 aliphatic carbocycles. The van der Waals surface area contributed by atoms with E-state index >= 15 is 0 Å². The number of halogens is 1. The van der Waals surface area contributed by atoms with Gasteiger partial charge < -0.3 is 5.73 Å². The summed E-state index contributed by atoms with van der Waals surface area (Å²) in [5.41, 5.74) is 8.97. The van der Waals surface area contributed by atoms with Crippen molar-refractivity contribution in [2.75, 3.05) is 0 Å². The fourth-order valence-electron chi connectivity index (χ4n) is 1.85. The van der Waals surface area contributed by atoms with Crippen LogP contribution < -0.4 is 5.73 Å². The first-order valence-corrected chi connectivity index (χ1v) is 7.23. The van der Waals surface area contributed by atoms with E-state index in [1.165, 1.54) is 4.70 Å². The number of hydrogen-bond acceptors (Lipinski definition) is 3. The molecule has 0 unspecified atom stereocenters. The second kappa shape index (κ2) is 4.80. The first-order chi connectivity index (χ1) is 8.76. The maximum absolute atomic E-state index is 5.67. The van der Waals surface area contributed by atoms with Gasteiger partial charge in [0, 0.05) is 16.6 Å². The summed E-state index contributed by atoms with van der Waals surface area (Å²) in [5, 5.41) is 1.04. The first kappa shape index (κ1) is 11.8. The number of fused-ring (bicyclic) bond motifs is 1. The van der Waals surface area contributed by atoms with Gasteiger partial charge in [-0.3, -0.25) is 0 Å². The van der Waals surface area contributed by atoms with E-state index in [1.54, 1.807) is 11.3 Å². The number of thiazole rings is 1. The molecule has 0 saturated carbocycles. The molecule has 18 heavy (non-hydrogen) atoms. The zero-order valence-corrected chi connectivity index (χ0v) is 12.0. The van der Waals surface area contributed by atoms with Crippen molar-refractivity contribution in [3.05, 3.63) is 52.5 Å². The molecule has 0 aliphatic rings. The topological polar surface area (TPSA) is 38.9 Å². The Balaban J connectivity index is 2.13. The van der Waals surface area contributed by atoms with Crippen molar-refractivity contribution >= 4 is 37.5 Å². The van der Waals surface area contributed by atoms with Gasteiger partial charge in [-0.15, -0.1) is 11.3 Å². The van der Waals surface area contributed by atoms with Gasteiger partial charge in [-0.25, -0.2) is 4.98 Å². The normalized spacial score (nSPS) is 11.0. The second-order valence-corrected chi connectivity index (χ2v) is 5.98. The summed E-state index contributed by atoms with van der Waals surface area (Å²) in [6.07, 6.45) is 0. The predicted octanol–water partition coefficient (Wildman–Crippen LogP) is 4.18. The third-order valence-electron chi connectivity index (χ3n) is 2.76. The van der Waals surface area contributed by atoms with Crippen LogP contribution in [0.15, 0.2) is 46.9 Å². The number of hydrogen-bond donors (Lipinski definition) is 1. The fourth-order valence-corrected chi connectivity index (χ4v) is 3.37. The Morgan fingerprint density at radius 3 is 2.89 bits per heavy atom. The number of rotatable bonds is 2. The molecule has 0 fully saturated rings. The standard InChI is InChI=1S/C14H11BrN2S/c15-11-4-5-12-13(7-11)18-14(17-12)10-3-1-2-9(6-10)8-16/h1-7H,8,16H2. The maximum atomic E-state index is 5.67. The van der Waals surface area contributed by atoms with E-state index in [0.717, 1.165) is 26.1 Å². The molecule has 0 amide bonds. The molecule has 1 aromatic heterocycles. The summed E-state index contributed by atoms with van der Waals surface area (Å²) in [6.45, 7) is 0.560. The average molecular weight is 319 g/mol. The summed E-state index contributed by atoms with van der Waals surface area (Å²) >= 11 is 5.18. The molecule has 4 heteroatoms. The van der Waals surface area contributed by atoms with E-state index in [0.29, 0.717) is 6.54 Å². The Morgan fingerprint density at radius 1 is 1.17 bits per heavy atom. The van der Waals surface area contributed by atoms with Crippen LogP contribution in [0.25, 0.3) is 20.8 Å². The van der Waals surface area contributed by atoms with Crippen molar-refractivity contribution in [1.82, 2.24) is 4.98 Å². The van der Waals surface area contributed by atoms with E-state index in [1.807, 2.05) is 24.3 Å². The fraction of sp³-hybridized carbons (Fsp3) is 0.0714. The van der Waals surface area contributed by atoms with Crippen LogP contribution in [0, 0.1) is 0 Å². The summed E-state index contributed by atoms with van der Waals surface area (Å²) in [4.78, 5) is 4.66. The molecule has 0 bridgehead atoms. The van der Waals surface area contributed by atoms with E-state index in [2.05, 4.69) is 39.1 Å². The highest BCUT2D eigenvalue weighted by Crippen LogP contribution is 2.32. The van der Waals surface area contributed by atoms with Crippen LogP contribution in [-0.2, 0) is 6.54 Å². The van der Waals surface area contributed by atoms with E-state index in [9.17, 15) is 0 Å². The van der Waals surface area contributed by atoms with Crippen molar-refractivity contribution in [1.29, 1.82) is 0 Å². The molecule has 2 aromatic carbocycles. The van der Waals surface area contributed by atoms with Crippen LogP contribution in [0.3, 0.4) is 0 Å². The molecule has 3 rings (SSSR count). The zero-order chi connectivity index (χ0) is 12.5. The number of nitrogens with zero attached hydrogens (tertiary/aromatic N) is 1. The summed E-state index contributed by atoms with van der Waals surface area (Å²) in [5.74, 6) is 0. The Bertz CT molecular complexity index is 706. The minimum absolute atomic E-state index is 0.560. The van der Waals surface area contributed by atoms with Crippen molar-refractivity contribution in [3.8, 4) is 10.6 Å². The minimum Gasteiger partial charge on any atom is -0.326 e. The third kappa shape index (κ3) is 2.19.